The Morgan fingerprint density at radius 2 is 2.41 bits per heavy atom. The number of hydrogen-bond acceptors (Lipinski definition) is 5. The first kappa shape index (κ1) is 12.8. The Labute approximate surface area is 107 Å². The van der Waals surface area contributed by atoms with Crippen molar-refractivity contribution in [3.05, 3.63) is 5.82 Å². The van der Waals surface area contributed by atoms with Gasteiger partial charge < -0.3 is 5.32 Å². The largest absolute Gasteiger partial charge is 0.310 e. The Kier molecular flexibility index (Phi) is 5.25. The summed E-state index contributed by atoms with van der Waals surface area (Å²) in [5, 5.41) is 16.0. The van der Waals surface area contributed by atoms with Crippen LogP contribution in [0.2, 0.25) is 0 Å². The van der Waals surface area contributed by atoms with Gasteiger partial charge in [0.25, 0.3) is 0 Å². The quantitative estimate of drug-likeness (QED) is 0.780. The molecule has 1 unspecified atom stereocenters. The first-order valence-corrected chi connectivity index (χ1v) is 7.52. The Bertz CT molecular complexity index is 321. The van der Waals surface area contributed by atoms with E-state index in [-0.39, 0.29) is 0 Å². The van der Waals surface area contributed by atoms with Crippen LogP contribution < -0.4 is 5.32 Å². The predicted octanol–water partition coefficient (Wildman–Crippen LogP) is 1.46. The molecule has 0 bridgehead atoms. The zero-order chi connectivity index (χ0) is 11.9. The van der Waals surface area contributed by atoms with Gasteiger partial charge in [0.2, 0.25) is 0 Å². The standard InChI is InChI=1S/C11H21N5S/c1-2-6-12-8-11-13-14-15-16(11)9-10-5-3-4-7-17-10/h10,12H,2-9H2,1H3. The molecular weight excluding hydrogens is 234 g/mol. The molecule has 2 rings (SSSR count). The molecule has 5 nitrogen and oxygen atoms in total. The number of aromatic nitrogens is 4. The zero-order valence-corrected chi connectivity index (χ0v) is 11.2. The van der Waals surface area contributed by atoms with E-state index in [0.717, 1.165) is 31.9 Å². The number of tetrazole rings is 1. The first-order chi connectivity index (χ1) is 8.40. The number of rotatable bonds is 6. The number of hydrogen-bond donors (Lipinski definition) is 1. The van der Waals surface area contributed by atoms with E-state index in [1.165, 1.54) is 25.0 Å². The fourth-order valence-corrected chi connectivity index (χ4v) is 3.30. The summed E-state index contributed by atoms with van der Waals surface area (Å²) in [5.41, 5.74) is 0. The molecule has 17 heavy (non-hydrogen) atoms. The van der Waals surface area contributed by atoms with Crippen LogP contribution in [-0.4, -0.2) is 37.8 Å². The van der Waals surface area contributed by atoms with Crippen molar-refractivity contribution in [2.75, 3.05) is 12.3 Å². The molecule has 0 aromatic carbocycles. The molecule has 0 saturated carbocycles. The average Bonchev–Trinajstić information content (AvgIpc) is 2.79. The highest BCUT2D eigenvalue weighted by molar-refractivity contribution is 7.99. The fourth-order valence-electron chi connectivity index (χ4n) is 2.01. The number of nitrogens with zero attached hydrogens (tertiary/aromatic N) is 4. The lowest BCUT2D eigenvalue weighted by atomic mass is 10.2. The van der Waals surface area contributed by atoms with Gasteiger partial charge in [0.1, 0.15) is 0 Å². The van der Waals surface area contributed by atoms with Gasteiger partial charge in [0, 0.05) is 5.25 Å². The molecular formula is C11H21N5S. The molecule has 1 N–H and O–H groups in total. The van der Waals surface area contributed by atoms with E-state index in [1.54, 1.807) is 0 Å². The van der Waals surface area contributed by atoms with Gasteiger partial charge in [-0.3, -0.25) is 0 Å². The highest BCUT2D eigenvalue weighted by Gasteiger charge is 2.16. The van der Waals surface area contributed by atoms with E-state index in [2.05, 4.69) is 39.5 Å². The van der Waals surface area contributed by atoms with E-state index < -0.39 is 0 Å². The van der Waals surface area contributed by atoms with Gasteiger partial charge in [0.15, 0.2) is 5.82 Å². The molecule has 1 aromatic rings. The van der Waals surface area contributed by atoms with Crippen LogP contribution in [0.3, 0.4) is 0 Å². The molecule has 1 aliphatic rings. The van der Waals surface area contributed by atoms with Crippen molar-refractivity contribution >= 4 is 11.8 Å². The zero-order valence-electron chi connectivity index (χ0n) is 10.4. The molecule has 1 atom stereocenters. The van der Waals surface area contributed by atoms with Crippen LogP contribution in [0.5, 0.6) is 0 Å². The van der Waals surface area contributed by atoms with Crippen LogP contribution in [0.15, 0.2) is 0 Å². The van der Waals surface area contributed by atoms with Crippen LogP contribution in [-0.2, 0) is 13.1 Å². The summed E-state index contributed by atoms with van der Waals surface area (Å²) in [6, 6.07) is 0. The van der Waals surface area contributed by atoms with E-state index in [9.17, 15) is 0 Å². The third-order valence-electron chi connectivity index (χ3n) is 2.97. The van der Waals surface area contributed by atoms with E-state index >= 15 is 0 Å². The van der Waals surface area contributed by atoms with Gasteiger partial charge in [-0.05, 0) is 42.0 Å². The first-order valence-electron chi connectivity index (χ1n) is 6.47. The molecule has 0 radical (unpaired) electrons. The summed E-state index contributed by atoms with van der Waals surface area (Å²) in [5.74, 6) is 2.25. The van der Waals surface area contributed by atoms with Crippen molar-refractivity contribution < 1.29 is 0 Å². The van der Waals surface area contributed by atoms with Crippen LogP contribution in [0, 0.1) is 0 Å². The molecule has 0 spiro atoms. The highest BCUT2D eigenvalue weighted by Crippen LogP contribution is 2.26. The molecule has 6 heteroatoms. The predicted molar refractivity (Wildman–Crippen MR) is 69.9 cm³/mol. The van der Waals surface area contributed by atoms with Crippen LogP contribution in [0.1, 0.15) is 38.4 Å². The minimum absolute atomic E-state index is 0.692. The summed E-state index contributed by atoms with van der Waals surface area (Å²) in [6.07, 6.45) is 5.15. The Morgan fingerprint density at radius 1 is 1.47 bits per heavy atom. The lowest BCUT2D eigenvalue weighted by Gasteiger charge is -2.21. The third-order valence-corrected chi connectivity index (χ3v) is 4.35. The van der Waals surface area contributed by atoms with Crippen molar-refractivity contribution in [2.24, 2.45) is 0 Å². The number of nitrogens with one attached hydrogen (secondary N) is 1. The van der Waals surface area contributed by atoms with Crippen molar-refractivity contribution in [2.45, 2.75) is 50.9 Å². The summed E-state index contributed by atoms with van der Waals surface area (Å²) in [4.78, 5) is 0. The summed E-state index contributed by atoms with van der Waals surface area (Å²) < 4.78 is 1.96. The van der Waals surface area contributed by atoms with Crippen molar-refractivity contribution in [3.8, 4) is 0 Å². The van der Waals surface area contributed by atoms with E-state index in [4.69, 9.17) is 0 Å². The lowest BCUT2D eigenvalue weighted by Crippen LogP contribution is -2.23. The van der Waals surface area contributed by atoms with Crippen molar-refractivity contribution in [1.29, 1.82) is 0 Å². The smallest absolute Gasteiger partial charge is 0.165 e. The average molecular weight is 255 g/mol. The SMILES string of the molecule is CCCNCc1nnnn1CC1CCCCS1. The second-order valence-electron chi connectivity index (χ2n) is 4.44. The van der Waals surface area contributed by atoms with Gasteiger partial charge in [-0.25, -0.2) is 4.68 Å². The minimum atomic E-state index is 0.692. The van der Waals surface area contributed by atoms with E-state index in [1.807, 2.05) is 4.68 Å². The van der Waals surface area contributed by atoms with Crippen LogP contribution >= 0.6 is 11.8 Å². The topological polar surface area (TPSA) is 55.6 Å². The summed E-state index contributed by atoms with van der Waals surface area (Å²) >= 11 is 2.06. The van der Waals surface area contributed by atoms with Gasteiger partial charge in [-0.1, -0.05) is 13.3 Å². The second kappa shape index (κ2) is 6.96. The molecule has 1 aromatic heterocycles. The van der Waals surface area contributed by atoms with Gasteiger partial charge in [0.05, 0.1) is 13.1 Å². The molecule has 1 fully saturated rings. The van der Waals surface area contributed by atoms with Gasteiger partial charge >= 0.3 is 0 Å². The lowest BCUT2D eigenvalue weighted by molar-refractivity contribution is 0.503. The molecule has 96 valence electrons. The van der Waals surface area contributed by atoms with Crippen molar-refractivity contribution in [1.82, 2.24) is 25.5 Å². The maximum atomic E-state index is 4.09. The molecule has 0 aliphatic carbocycles. The monoisotopic (exact) mass is 255 g/mol. The highest BCUT2D eigenvalue weighted by atomic mass is 32.2. The maximum Gasteiger partial charge on any atom is 0.165 e. The third kappa shape index (κ3) is 3.96. The minimum Gasteiger partial charge on any atom is -0.310 e. The molecule has 1 saturated heterocycles. The number of thioether (sulfide) groups is 1. The summed E-state index contributed by atoms with van der Waals surface area (Å²) in [6.45, 7) is 4.92. The second-order valence-corrected chi connectivity index (χ2v) is 5.85. The van der Waals surface area contributed by atoms with E-state index in [0.29, 0.717) is 5.25 Å². The van der Waals surface area contributed by atoms with Crippen LogP contribution in [0.25, 0.3) is 0 Å². The molecule has 2 heterocycles. The van der Waals surface area contributed by atoms with Gasteiger partial charge in [-0.2, -0.15) is 11.8 Å². The fraction of sp³-hybridized carbons (Fsp3) is 0.909. The Hall–Kier alpha value is -0.620. The molecule has 1 aliphatic heterocycles. The van der Waals surface area contributed by atoms with Gasteiger partial charge in [-0.15, -0.1) is 5.10 Å². The normalized spacial score (nSPS) is 20.6. The van der Waals surface area contributed by atoms with Crippen LogP contribution in [0.4, 0.5) is 0 Å². The summed E-state index contributed by atoms with van der Waals surface area (Å²) in [7, 11) is 0. The Balaban J connectivity index is 1.84. The molecule has 0 amide bonds. The maximum absolute atomic E-state index is 4.09. The van der Waals surface area contributed by atoms with Crippen molar-refractivity contribution in [3.63, 3.8) is 0 Å². The Morgan fingerprint density at radius 3 is 3.18 bits per heavy atom.